The van der Waals surface area contributed by atoms with Gasteiger partial charge in [0, 0.05) is 18.1 Å². The Labute approximate surface area is 68.5 Å². The summed E-state index contributed by atoms with van der Waals surface area (Å²) in [5.74, 6) is 0.547. The average molecular weight is 152 g/mol. The molecule has 0 aliphatic heterocycles. The van der Waals surface area contributed by atoms with E-state index in [-0.39, 0.29) is 0 Å². The highest BCUT2D eigenvalue weighted by atomic mass is 14.7. The van der Waals surface area contributed by atoms with E-state index in [9.17, 15) is 0 Å². The second-order valence-electron chi connectivity index (χ2n) is 2.59. The molecule has 11 heavy (non-hydrogen) atoms. The van der Waals surface area contributed by atoms with E-state index < -0.39 is 0 Å². The molecule has 0 aromatic rings. The van der Waals surface area contributed by atoms with Crippen LogP contribution in [0.2, 0.25) is 0 Å². The van der Waals surface area contributed by atoms with Crippen molar-refractivity contribution in [2.24, 2.45) is 10.9 Å². The zero-order valence-corrected chi connectivity index (χ0v) is 7.46. The monoisotopic (exact) mass is 152 g/mol. The van der Waals surface area contributed by atoms with Crippen molar-refractivity contribution in [2.45, 2.75) is 27.2 Å². The van der Waals surface area contributed by atoms with Gasteiger partial charge in [-0.2, -0.15) is 0 Å². The minimum absolute atomic E-state index is 0.547. The van der Waals surface area contributed by atoms with Gasteiger partial charge in [0.25, 0.3) is 0 Å². The molecule has 0 amide bonds. The van der Waals surface area contributed by atoms with Crippen molar-refractivity contribution < 1.29 is 0 Å². The number of hydrogen-bond donors (Lipinski definition) is 1. The van der Waals surface area contributed by atoms with Crippen LogP contribution in [0.15, 0.2) is 17.3 Å². The van der Waals surface area contributed by atoms with Crippen LogP contribution in [0.4, 0.5) is 0 Å². The summed E-state index contributed by atoms with van der Waals surface area (Å²) in [6, 6.07) is 0. The minimum Gasteiger partial charge on any atom is -0.309 e. The summed E-state index contributed by atoms with van der Waals surface area (Å²) < 4.78 is 0. The van der Waals surface area contributed by atoms with Crippen molar-refractivity contribution in [3.8, 4) is 0 Å². The molecule has 2 heteroatoms. The molecule has 0 rings (SSSR count). The predicted octanol–water partition coefficient (Wildman–Crippen LogP) is 2.66. The van der Waals surface area contributed by atoms with E-state index in [0.717, 1.165) is 12.1 Å². The summed E-state index contributed by atoms with van der Waals surface area (Å²) in [6.07, 6.45) is 5.63. The van der Waals surface area contributed by atoms with E-state index in [1.807, 2.05) is 6.92 Å². The van der Waals surface area contributed by atoms with Gasteiger partial charge in [-0.25, -0.2) is 0 Å². The van der Waals surface area contributed by atoms with Crippen LogP contribution in [-0.4, -0.2) is 11.9 Å². The lowest BCUT2D eigenvalue weighted by atomic mass is 10.0. The highest BCUT2D eigenvalue weighted by Crippen LogP contribution is 2.03. The van der Waals surface area contributed by atoms with Crippen LogP contribution < -0.4 is 0 Å². The fraction of sp³-hybridized carbons (Fsp3) is 0.556. The number of aliphatic imine (C=N–C) groups is 1. The van der Waals surface area contributed by atoms with E-state index in [2.05, 4.69) is 18.8 Å². The van der Waals surface area contributed by atoms with E-state index >= 15 is 0 Å². The first-order valence-electron chi connectivity index (χ1n) is 3.92. The SMILES string of the molecule is CC[C@H](C)C(C)=N/C=C\C=N. The molecule has 0 radical (unpaired) electrons. The van der Waals surface area contributed by atoms with Gasteiger partial charge in [-0.3, -0.25) is 4.99 Å². The number of nitrogens with zero attached hydrogens (tertiary/aromatic N) is 1. The quantitative estimate of drug-likeness (QED) is 0.601. The second-order valence-corrected chi connectivity index (χ2v) is 2.59. The summed E-state index contributed by atoms with van der Waals surface area (Å²) in [4.78, 5) is 4.17. The number of nitrogens with one attached hydrogen (secondary N) is 1. The van der Waals surface area contributed by atoms with E-state index in [4.69, 9.17) is 5.41 Å². The van der Waals surface area contributed by atoms with E-state index in [1.165, 1.54) is 6.21 Å². The fourth-order valence-electron chi connectivity index (χ4n) is 0.626. The Bertz CT molecular complexity index is 168. The van der Waals surface area contributed by atoms with E-state index in [1.54, 1.807) is 12.3 Å². The van der Waals surface area contributed by atoms with Crippen LogP contribution in [0.5, 0.6) is 0 Å². The molecule has 0 heterocycles. The molecular formula is C9H16N2. The van der Waals surface area contributed by atoms with Gasteiger partial charge in [0.1, 0.15) is 0 Å². The van der Waals surface area contributed by atoms with Gasteiger partial charge < -0.3 is 5.41 Å². The summed E-state index contributed by atoms with van der Waals surface area (Å²) in [6.45, 7) is 6.31. The van der Waals surface area contributed by atoms with Crippen molar-refractivity contribution >= 4 is 11.9 Å². The van der Waals surface area contributed by atoms with Crippen molar-refractivity contribution in [3.05, 3.63) is 12.3 Å². The first-order valence-corrected chi connectivity index (χ1v) is 3.92. The third kappa shape index (κ3) is 4.48. The maximum atomic E-state index is 6.72. The van der Waals surface area contributed by atoms with Crippen LogP contribution in [0.1, 0.15) is 27.2 Å². The number of rotatable bonds is 4. The minimum atomic E-state index is 0.547. The third-order valence-electron chi connectivity index (χ3n) is 1.79. The highest BCUT2D eigenvalue weighted by Gasteiger charge is 1.99. The molecule has 0 aliphatic carbocycles. The first-order chi connectivity index (χ1) is 5.22. The smallest absolute Gasteiger partial charge is 0.0282 e. The zero-order valence-electron chi connectivity index (χ0n) is 7.46. The Morgan fingerprint density at radius 3 is 2.73 bits per heavy atom. The summed E-state index contributed by atoms with van der Waals surface area (Å²) in [7, 11) is 0. The molecule has 1 atom stereocenters. The molecule has 0 saturated heterocycles. The van der Waals surface area contributed by atoms with Crippen LogP contribution in [0, 0.1) is 11.3 Å². The topological polar surface area (TPSA) is 36.2 Å². The summed E-state index contributed by atoms with van der Waals surface area (Å²) >= 11 is 0. The Hall–Kier alpha value is -0.920. The Kier molecular flexibility index (Phi) is 5.35. The second kappa shape index (κ2) is 5.83. The Morgan fingerprint density at radius 1 is 1.64 bits per heavy atom. The molecule has 0 spiro atoms. The number of allylic oxidation sites excluding steroid dienone is 1. The van der Waals surface area contributed by atoms with Crippen molar-refractivity contribution in [2.75, 3.05) is 0 Å². The largest absolute Gasteiger partial charge is 0.309 e. The standard InChI is InChI=1S/C9H16N2/c1-4-8(2)9(3)11-7-5-6-10/h5-8,10H,4H2,1-3H3/b7-5-,10-6?,11-9?/t8-/m0/s1. The lowest BCUT2D eigenvalue weighted by Crippen LogP contribution is -2.04. The highest BCUT2D eigenvalue weighted by molar-refractivity contribution is 5.84. The lowest BCUT2D eigenvalue weighted by molar-refractivity contribution is 0.736. The summed E-state index contributed by atoms with van der Waals surface area (Å²) in [5, 5.41) is 6.72. The maximum absolute atomic E-state index is 6.72. The van der Waals surface area contributed by atoms with Crippen molar-refractivity contribution in [3.63, 3.8) is 0 Å². The maximum Gasteiger partial charge on any atom is 0.0282 e. The molecular weight excluding hydrogens is 136 g/mol. The van der Waals surface area contributed by atoms with Gasteiger partial charge in [0.05, 0.1) is 0 Å². The van der Waals surface area contributed by atoms with Gasteiger partial charge in [-0.1, -0.05) is 13.8 Å². The van der Waals surface area contributed by atoms with Crippen LogP contribution in [0.3, 0.4) is 0 Å². The molecule has 2 nitrogen and oxygen atoms in total. The van der Waals surface area contributed by atoms with Crippen molar-refractivity contribution in [1.29, 1.82) is 5.41 Å². The molecule has 0 saturated carbocycles. The molecule has 0 aromatic heterocycles. The molecule has 0 aromatic carbocycles. The molecule has 0 bridgehead atoms. The lowest BCUT2D eigenvalue weighted by Gasteiger charge is -2.04. The predicted molar refractivity (Wildman–Crippen MR) is 50.5 cm³/mol. The van der Waals surface area contributed by atoms with Gasteiger partial charge in [-0.15, -0.1) is 0 Å². The molecule has 0 fully saturated rings. The first kappa shape index (κ1) is 10.1. The molecule has 0 aliphatic rings. The van der Waals surface area contributed by atoms with Crippen LogP contribution in [0.25, 0.3) is 0 Å². The van der Waals surface area contributed by atoms with Crippen LogP contribution in [-0.2, 0) is 0 Å². The molecule has 1 N–H and O–H groups in total. The summed E-state index contributed by atoms with van der Waals surface area (Å²) in [5.41, 5.74) is 1.13. The molecule has 62 valence electrons. The Balaban J connectivity index is 3.98. The number of hydrogen-bond acceptors (Lipinski definition) is 2. The van der Waals surface area contributed by atoms with E-state index in [0.29, 0.717) is 5.92 Å². The normalized spacial score (nSPS) is 15.4. The Morgan fingerprint density at radius 2 is 2.27 bits per heavy atom. The zero-order chi connectivity index (χ0) is 8.69. The average Bonchev–Trinajstić information content (AvgIpc) is 2.03. The fourth-order valence-corrected chi connectivity index (χ4v) is 0.626. The van der Waals surface area contributed by atoms with Crippen LogP contribution >= 0.6 is 0 Å². The van der Waals surface area contributed by atoms with Gasteiger partial charge in [-0.05, 0) is 25.3 Å². The van der Waals surface area contributed by atoms with Gasteiger partial charge in [0.15, 0.2) is 0 Å². The third-order valence-corrected chi connectivity index (χ3v) is 1.79. The molecule has 0 unspecified atom stereocenters. The van der Waals surface area contributed by atoms with Gasteiger partial charge in [0.2, 0.25) is 0 Å². The van der Waals surface area contributed by atoms with Gasteiger partial charge >= 0.3 is 0 Å². The van der Waals surface area contributed by atoms with Crippen molar-refractivity contribution in [1.82, 2.24) is 0 Å².